The SMILES string of the molecule is CCCNCCC(C)(O)c1ccc(F)cc1. The van der Waals surface area contributed by atoms with Crippen molar-refractivity contribution in [1.29, 1.82) is 0 Å². The molecule has 0 heterocycles. The smallest absolute Gasteiger partial charge is 0.123 e. The normalized spacial score (nSPS) is 14.8. The van der Waals surface area contributed by atoms with Gasteiger partial charge in [-0.25, -0.2) is 4.39 Å². The molecule has 0 amide bonds. The molecule has 1 rings (SSSR count). The van der Waals surface area contributed by atoms with Crippen LogP contribution in [0.3, 0.4) is 0 Å². The molecule has 1 aromatic carbocycles. The summed E-state index contributed by atoms with van der Waals surface area (Å²) in [6.07, 6.45) is 1.71. The molecular formula is C13H20FNO. The topological polar surface area (TPSA) is 32.3 Å². The van der Waals surface area contributed by atoms with Crippen LogP contribution in [0.5, 0.6) is 0 Å². The fourth-order valence-electron chi connectivity index (χ4n) is 1.59. The van der Waals surface area contributed by atoms with Crippen molar-refractivity contribution in [2.45, 2.75) is 32.3 Å². The molecule has 2 N–H and O–H groups in total. The summed E-state index contributed by atoms with van der Waals surface area (Å²) in [5.41, 5.74) is -0.138. The Morgan fingerprint density at radius 2 is 1.88 bits per heavy atom. The molecule has 0 fully saturated rings. The monoisotopic (exact) mass is 225 g/mol. The zero-order valence-electron chi connectivity index (χ0n) is 9.96. The highest BCUT2D eigenvalue weighted by Gasteiger charge is 2.22. The Morgan fingerprint density at radius 1 is 1.25 bits per heavy atom. The summed E-state index contributed by atoms with van der Waals surface area (Å²) in [6, 6.07) is 6.02. The second-order valence-corrected chi connectivity index (χ2v) is 4.28. The lowest BCUT2D eigenvalue weighted by atomic mass is 9.92. The molecule has 0 bridgehead atoms. The molecular weight excluding hydrogens is 205 g/mol. The van der Waals surface area contributed by atoms with Crippen molar-refractivity contribution >= 4 is 0 Å². The highest BCUT2D eigenvalue weighted by Crippen LogP contribution is 2.23. The van der Waals surface area contributed by atoms with Crippen molar-refractivity contribution < 1.29 is 9.50 Å². The van der Waals surface area contributed by atoms with Crippen LogP contribution in [0.2, 0.25) is 0 Å². The summed E-state index contributed by atoms with van der Waals surface area (Å²) in [5.74, 6) is -0.274. The highest BCUT2D eigenvalue weighted by molar-refractivity contribution is 5.22. The summed E-state index contributed by atoms with van der Waals surface area (Å²) in [6.45, 7) is 5.58. The number of halogens is 1. The third-order valence-electron chi connectivity index (χ3n) is 2.68. The maximum atomic E-state index is 12.7. The van der Waals surface area contributed by atoms with E-state index in [1.54, 1.807) is 19.1 Å². The summed E-state index contributed by atoms with van der Waals surface area (Å²) >= 11 is 0. The molecule has 0 spiro atoms. The Balaban J connectivity index is 2.52. The minimum atomic E-state index is -0.894. The van der Waals surface area contributed by atoms with Gasteiger partial charge in [0.15, 0.2) is 0 Å². The average molecular weight is 225 g/mol. The van der Waals surface area contributed by atoms with Crippen molar-refractivity contribution in [1.82, 2.24) is 5.32 Å². The molecule has 0 radical (unpaired) electrons. The van der Waals surface area contributed by atoms with Crippen LogP contribution in [0.1, 0.15) is 32.3 Å². The van der Waals surface area contributed by atoms with Crippen LogP contribution in [-0.2, 0) is 5.60 Å². The summed E-state index contributed by atoms with van der Waals surface area (Å²) in [4.78, 5) is 0. The zero-order valence-corrected chi connectivity index (χ0v) is 9.96. The predicted molar refractivity (Wildman–Crippen MR) is 63.7 cm³/mol. The van der Waals surface area contributed by atoms with Gasteiger partial charge in [-0.15, -0.1) is 0 Å². The van der Waals surface area contributed by atoms with E-state index in [-0.39, 0.29) is 5.82 Å². The maximum absolute atomic E-state index is 12.7. The van der Waals surface area contributed by atoms with E-state index in [1.165, 1.54) is 12.1 Å². The fraction of sp³-hybridized carbons (Fsp3) is 0.538. The molecule has 3 heteroatoms. The molecule has 0 saturated heterocycles. The molecule has 2 nitrogen and oxygen atoms in total. The lowest BCUT2D eigenvalue weighted by molar-refractivity contribution is 0.0480. The van der Waals surface area contributed by atoms with Crippen molar-refractivity contribution in [3.8, 4) is 0 Å². The first-order valence-electron chi connectivity index (χ1n) is 5.75. The molecule has 0 aliphatic heterocycles. The van der Waals surface area contributed by atoms with Crippen LogP contribution >= 0.6 is 0 Å². The Morgan fingerprint density at radius 3 is 2.44 bits per heavy atom. The standard InChI is InChI=1S/C13H20FNO/c1-3-9-15-10-8-13(2,16)11-4-6-12(14)7-5-11/h4-7,15-16H,3,8-10H2,1-2H3. The quantitative estimate of drug-likeness (QED) is 0.729. The Hall–Kier alpha value is -0.930. The van der Waals surface area contributed by atoms with Crippen molar-refractivity contribution in [2.75, 3.05) is 13.1 Å². The van der Waals surface area contributed by atoms with Gasteiger partial charge in [-0.1, -0.05) is 19.1 Å². The van der Waals surface area contributed by atoms with Crippen LogP contribution in [0.15, 0.2) is 24.3 Å². The van der Waals surface area contributed by atoms with E-state index in [0.717, 1.165) is 25.1 Å². The lowest BCUT2D eigenvalue weighted by Gasteiger charge is -2.24. The number of hydrogen-bond donors (Lipinski definition) is 2. The van der Waals surface area contributed by atoms with Gasteiger partial charge in [0.1, 0.15) is 5.82 Å². The number of hydrogen-bond acceptors (Lipinski definition) is 2. The van der Waals surface area contributed by atoms with Gasteiger partial charge in [-0.2, -0.15) is 0 Å². The number of aliphatic hydroxyl groups is 1. The Kier molecular flexibility index (Phi) is 4.90. The van der Waals surface area contributed by atoms with Crippen LogP contribution < -0.4 is 5.32 Å². The van der Waals surface area contributed by atoms with E-state index >= 15 is 0 Å². The van der Waals surface area contributed by atoms with E-state index in [2.05, 4.69) is 12.2 Å². The lowest BCUT2D eigenvalue weighted by Crippen LogP contribution is -2.28. The van der Waals surface area contributed by atoms with Gasteiger partial charge in [-0.05, 0) is 50.6 Å². The fourth-order valence-corrected chi connectivity index (χ4v) is 1.59. The first-order valence-corrected chi connectivity index (χ1v) is 5.75. The van der Waals surface area contributed by atoms with Gasteiger partial charge in [0.25, 0.3) is 0 Å². The summed E-state index contributed by atoms with van der Waals surface area (Å²) in [7, 11) is 0. The molecule has 0 aromatic heterocycles. The second kappa shape index (κ2) is 5.97. The van der Waals surface area contributed by atoms with E-state index < -0.39 is 5.60 Å². The molecule has 1 unspecified atom stereocenters. The third-order valence-corrected chi connectivity index (χ3v) is 2.68. The third kappa shape index (κ3) is 3.91. The second-order valence-electron chi connectivity index (χ2n) is 4.28. The van der Waals surface area contributed by atoms with E-state index in [9.17, 15) is 9.50 Å². The minimum absolute atomic E-state index is 0.274. The first kappa shape index (κ1) is 13.1. The van der Waals surface area contributed by atoms with E-state index in [4.69, 9.17) is 0 Å². The zero-order chi connectivity index (χ0) is 12.0. The molecule has 1 aromatic rings. The van der Waals surface area contributed by atoms with Crippen LogP contribution in [0.4, 0.5) is 4.39 Å². The van der Waals surface area contributed by atoms with Gasteiger partial charge >= 0.3 is 0 Å². The number of nitrogens with one attached hydrogen (secondary N) is 1. The van der Waals surface area contributed by atoms with Crippen molar-refractivity contribution in [3.63, 3.8) is 0 Å². The van der Waals surface area contributed by atoms with E-state index in [0.29, 0.717) is 6.42 Å². The Bertz CT molecular complexity index is 308. The minimum Gasteiger partial charge on any atom is -0.385 e. The van der Waals surface area contributed by atoms with Crippen LogP contribution in [-0.4, -0.2) is 18.2 Å². The molecule has 90 valence electrons. The Labute approximate surface area is 96.5 Å². The number of rotatable bonds is 6. The van der Waals surface area contributed by atoms with Gasteiger partial charge in [0.2, 0.25) is 0 Å². The van der Waals surface area contributed by atoms with Gasteiger partial charge in [-0.3, -0.25) is 0 Å². The van der Waals surface area contributed by atoms with Gasteiger partial charge in [0, 0.05) is 0 Å². The highest BCUT2D eigenvalue weighted by atomic mass is 19.1. The van der Waals surface area contributed by atoms with Gasteiger partial charge < -0.3 is 10.4 Å². The maximum Gasteiger partial charge on any atom is 0.123 e. The molecule has 0 aliphatic carbocycles. The first-order chi connectivity index (χ1) is 7.56. The number of benzene rings is 1. The molecule has 1 atom stereocenters. The van der Waals surface area contributed by atoms with Crippen molar-refractivity contribution in [2.24, 2.45) is 0 Å². The predicted octanol–water partition coefficient (Wildman–Crippen LogP) is 2.42. The van der Waals surface area contributed by atoms with Crippen molar-refractivity contribution in [3.05, 3.63) is 35.6 Å². The van der Waals surface area contributed by atoms with Gasteiger partial charge in [0.05, 0.1) is 5.60 Å². The van der Waals surface area contributed by atoms with E-state index in [1.807, 2.05) is 0 Å². The van der Waals surface area contributed by atoms with Crippen LogP contribution in [0.25, 0.3) is 0 Å². The van der Waals surface area contributed by atoms with Crippen LogP contribution in [0, 0.1) is 5.82 Å². The summed E-state index contributed by atoms with van der Waals surface area (Å²) < 4.78 is 12.7. The largest absolute Gasteiger partial charge is 0.385 e. The summed E-state index contributed by atoms with van der Waals surface area (Å²) in [5, 5.41) is 13.5. The average Bonchev–Trinajstić information content (AvgIpc) is 2.25. The molecule has 0 aliphatic rings. The molecule has 0 saturated carbocycles. The molecule has 16 heavy (non-hydrogen) atoms.